The molecule has 1 unspecified atom stereocenters. The molecule has 1 fully saturated rings. The molecule has 0 amide bonds. The maximum absolute atomic E-state index is 12.6. The van der Waals surface area contributed by atoms with Crippen molar-refractivity contribution in [2.75, 3.05) is 31.5 Å². The van der Waals surface area contributed by atoms with Gasteiger partial charge in [-0.25, -0.2) is 9.97 Å². The maximum Gasteiger partial charge on any atom is 0.451 e. The summed E-state index contributed by atoms with van der Waals surface area (Å²) in [6, 6.07) is 1.30. The van der Waals surface area contributed by atoms with Gasteiger partial charge in [0.1, 0.15) is 11.0 Å². The number of likely N-dealkylation sites (tertiary alicyclic amines) is 1. The third-order valence-corrected chi connectivity index (χ3v) is 3.54. The van der Waals surface area contributed by atoms with Crippen LogP contribution >= 0.6 is 11.6 Å². The standard InChI is InChI=1S/C13H18ClF3N4/c1-9(8-21-4-2-3-5-21)7-18-11-6-10(14)19-12(20-11)13(15,16)17/h6,9H,2-5,7-8H2,1H3,(H,18,19,20). The summed E-state index contributed by atoms with van der Waals surface area (Å²) in [7, 11) is 0. The summed E-state index contributed by atoms with van der Waals surface area (Å²) < 4.78 is 37.8. The first-order valence-electron chi connectivity index (χ1n) is 6.92. The lowest BCUT2D eigenvalue weighted by molar-refractivity contribution is -0.144. The second-order valence-electron chi connectivity index (χ2n) is 5.39. The average molecular weight is 323 g/mol. The second kappa shape index (κ2) is 6.79. The maximum atomic E-state index is 12.6. The Balaban J connectivity index is 1.91. The highest BCUT2D eigenvalue weighted by Crippen LogP contribution is 2.28. The summed E-state index contributed by atoms with van der Waals surface area (Å²) in [5.41, 5.74) is 0. The van der Waals surface area contributed by atoms with Crippen molar-refractivity contribution in [3.63, 3.8) is 0 Å². The molecule has 1 N–H and O–H groups in total. The second-order valence-corrected chi connectivity index (χ2v) is 5.78. The number of halogens is 4. The zero-order valence-electron chi connectivity index (χ0n) is 11.8. The van der Waals surface area contributed by atoms with Gasteiger partial charge in [0.25, 0.3) is 0 Å². The van der Waals surface area contributed by atoms with Crippen molar-refractivity contribution in [1.29, 1.82) is 0 Å². The Morgan fingerprint density at radius 1 is 1.33 bits per heavy atom. The van der Waals surface area contributed by atoms with Crippen molar-refractivity contribution in [2.24, 2.45) is 5.92 Å². The quantitative estimate of drug-likeness (QED) is 0.845. The summed E-state index contributed by atoms with van der Waals surface area (Å²) in [5, 5.41) is 2.69. The minimum absolute atomic E-state index is 0.107. The molecule has 1 saturated heterocycles. The van der Waals surface area contributed by atoms with Gasteiger partial charge in [0.05, 0.1) is 0 Å². The Hall–Kier alpha value is -1.08. The largest absolute Gasteiger partial charge is 0.451 e. The Labute approximate surface area is 126 Å². The van der Waals surface area contributed by atoms with Crippen LogP contribution in [-0.2, 0) is 6.18 Å². The normalized spacial score (nSPS) is 18.0. The Morgan fingerprint density at radius 2 is 2.00 bits per heavy atom. The van der Waals surface area contributed by atoms with Gasteiger partial charge in [-0.3, -0.25) is 0 Å². The summed E-state index contributed by atoms with van der Waals surface area (Å²) in [4.78, 5) is 9.02. The van der Waals surface area contributed by atoms with Gasteiger partial charge < -0.3 is 10.2 Å². The number of hydrogen-bond acceptors (Lipinski definition) is 4. The van der Waals surface area contributed by atoms with Crippen LogP contribution in [0.5, 0.6) is 0 Å². The van der Waals surface area contributed by atoms with Crippen LogP contribution in [0.2, 0.25) is 5.15 Å². The number of nitrogens with zero attached hydrogens (tertiary/aromatic N) is 3. The van der Waals surface area contributed by atoms with Crippen LogP contribution in [0, 0.1) is 5.92 Å². The number of anilines is 1. The average Bonchev–Trinajstić information content (AvgIpc) is 2.87. The summed E-state index contributed by atoms with van der Waals surface area (Å²) in [6.07, 6.45) is -2.16. The molecule has 2 heterocycles. The van der Waals surface area contributed by atoms with Crippen molar-refractivity contribution in [3.05, 3.63) is 17.0 Å². The third-order valence-electron chi connectivity index (χ3n) is 3.35. The fourth-order valence-electron chi connectivity index (χ4n) is 2.38. The van der Waals surface area contributed by atoms with E-state index in [4.69, 9.17) is 11.6 Å². The molecule has 0 bridgehead atoms. The molecule has 0 radical (unpaired) electrons. The molecule has 0 aliphatic carbocycles. The van der Waals surface area contributed by atoms with Crippen LogP contribution in [0.1, 0.15) is 25.6 Å². The molecule has 8 heteroatoms. The minimum atomic E-state index is -4.59. The molecular formula is C13H18ClF3N4. The molecule has 1 aromatic heterocycles. The number of hydrogen-bond donors (Lipinski definition) is 1. The molecular weight excluding hydrogens is 305 g/mol. The predicted octanol–water partition coefficient (Wildman–Crippen LogP) is 3.29. The summed E-state index contributed by atoms with van der Waals surface area (Å²) >= 11 is 5.61. The van der Waals surface area contributed by atoms with Gasteiger partial charge in [-0.2, -0.15) is 13.2 Å². The number of aromatic nitrogens is 2. The van der Waals surface area contributed by atoms with E-state index >= 15 is 0 Å². The summed E-state index contributed by atoms with van der Waals surface area (Å²) in [6.45, 7) is 5.72. The lowest BCUT2D eigenvalue weighted by Crippen LogP contribution is -2.29. The Morgan fingerprint density at radius 3 is 2.62 bits per heavy atom. The topological polar surface area (TPSA) is 41.1 Å². The molecule has 0 saturated carbocycles. The minimum Gasteiger partial charge on any atom is -0.370 e. The van der Waals surface area contributed by atoms with Gasteiger partial charge in [-0.05, 0) is 31.8 Å². The van der Waals surface area contributed by atoms with Gasteiger partial charge in [0.15, 0.2) is 0 Å². The molecule has 0 spiro atoms. The van der Waals surface area contributed by atoms with E-state index in [-0.39, 0.29) is 11.0 Å². The van der Waals surface area contributed by atoms with E-state index in [1.807, 2.05) is 0 Å². The first kappa shape index (κ1) is 16.3. The van der Waals surface area contributed by atoms with E-state index in [2.05, 4.69) is 27.1 Å². The molecule has 0 aromatic carbocycles. The Bertz CT molecular complexity index is 475. The van der Waals surface area contributed by atoms with Gasteiger partial charge in [-0.15, -0.1) is 0 Å². The van der Waals surface area contributed by atoms with Gasteiger partial charge in [-0.1, -0.05) is 18.5 Å². The lowest BCUT2D eigenvalue weighted by atomic mass is 10.1. The molecule has 1 atom stereocenters. The van der Waals surface area contributed by atoms with E-state index in [0.29, 0.717) is 12.5 Å². The van der Waals surface area contributed by atoms with Crippen molar-refractivity contribution < 1.29 is 13.2 Å². The van der Waals surface area contributed by atoms with Gasteiger partial charge >= 0.3 is 6.18 Å². The number of alkyl halides is 3. The molecule has 1 aromatic rings. The number of rotatable bonds is 5. The van der Waals surface area contributed by atoms with Crippen molar-refractivity contribution >= 4 is 17.4 Å². The molecule has 2 rings (SSSR count). The molecule has 1 aliphatic rings. The first-order valence-corrected chi connectivity index (χ1v) is 7.30. The van der Waals surface area contributed by atoms with Crippen molar-refractivity contribution in [1.82, 2.24) is 14.9 Å². The molecule has 4 nitrogen and oxygen atoms in total. The van der Waals surface area contributed by atoms with Gasteiger partial charge in [0.2, 0.25) is 5.82 Å². The van der Waals surface area contributed by atoms with Crippen LogP contribution in [0.25, 0.3) is 0 Å². The monoisotopic (exact) mass is 322 g/mol. The van der Waals surface area contributed by atoms with E-state index < -0.39 is 12.0 Å². The zero-order chi connectivity index (χ0) is 15.5. The number of nitrogens with one attached hydrogen (secondary N) is 1. The van der Waals surface area contributed by atoms with Crippen molar-refractivity contribution in [2.45, 2.75) is 25.9 Å². The van der Waals surface area contributed by atoms with Crippen LogP contribution in [-0.4, -0.2) is 41.0 Å². The van der Waals surface area contributed by atoms with Crippen LogP contribution in [0.4, 0.5) is 19.0 Å². The highest BCUT2D eigenvalue weighted by atomic mass is 35.5. The Kier molecular flexibility index (Phi) is 5.27. The van der Waals surface area contributed by atoms with Gasteiger partial charge in [0, 0.05) is 19.2 Å². The molecule has 118 valence electrons. The zero-order valence-corrected chi connectivity index (χ0v) is 12.5. The van der Waals surface area contributed by atoms with Crippen LogP contribution < -0.4 is 5.32 Å². The van der Waals surface area contributed by atoms with Crippen LogP contribution in [0.3, 0.4) is 0 Å². The molecule has 1 aliphatic heterocycles. The van der Waals surface area contributed by atoms with E-state index in [0.717, 1.165) is 19.6 Å². The third kappa shape index (κ3) is 5.00. The van der Waals surface area contributed by atoms with Crippen LogP contribution in [0.15, 0.2) is 6.07 Å². The highest BCUT2D eigenvalue weighted by molar-refractivity contribution is 6.29. The SMILES string of the molecule is CC(CNc1cc(Cl)nc(C(F)(F)F)n1)CN1CCCC1. The summed E-state index contributed by atoms with van der Waals surface area (Å²) in [5.74, 6) is -0.800. The van der Waals surface area contributed by atoms with E-state index in [1.165, 1.54) is 18.9 Å². The molecule has 21 heavy (non-hydrogen) atoms. The fraction of sp³-hybridized carbons (Fsp3) is 0.692. The van der Waals surface area contributed by atoms with E-state index in [9.17, 15) is 13.2 Å². The lowest BCUT2D eigenvalue weighted by Gasteiger charge is -2.20. The van der Waals surface area contributed by atoms with Crippen molar-refractivity contribution in [3.8, 4) is 0 Å². The first-order chi connectivity index (χ1) is 9.84. The van der Waals surface area contributed by atoms with E-state index in [1.54, 1.807) is 0 Å². The predicted molar refractivity (Wildman–Crippen MR) is 75.4 cm³/mol. The smallest absolute Gasteiger partial charge is 0.370 e. The fourth-order valence-corrected chi connectivity index (χ4v) is 2.57. The highest BCUT2D eigenvalue weighted by Gasteiger charge is 2.35.